The molecule has 2 heterocycles. The van der Waals surface area contributed by atoms with E-state index in [0.29, 0.717) is 23.2 Å². The number of rotatable bonds is 4. The number of benzene rings is 2. The maximum atomic E-state index is 12.1. The number of aromatic amines is 1. The van der Waals surface area contributed by atoms with Crippen molar-refractivity contribution in [1.29, 1.82) is 0 Å². The van der Waals surface area contributed by atoms with Crippen LogP contribution in [0.4, 0.5) is 0 Å². The Morgan fingerprint density at radius 3 is 2.88 bits per heavy atom. The van der Waals surface area contributed by atoms with Gasteiger partial charge in [-0.05, 0) is 24.3 Å². The van der Waals surface area contributed by atoms with E-state index in [1.165, 1.54) is 11.3 Å². The number of H-pyrrole nitrogens is 1. The van der Waals surface area contributed by atoms with Gasteiger partial charge in [-0.1, -0.05) is 24.3 Å². The molecule has 0 spiro atoms. The fourth-order valence-corrected chi connectivity index (χ4v) is 3.22. The number of hydrogen-bond acceptors (Lipinski definition) is 5. The minimum atomic E-state index is -0.477. The summed E-state index contributed by atoms with van der Waals surface area (Å²) in [5.41, 5.74) is 3.40. The number of oxazole rings is 1. The van der Waals surface area contributed by atoms with Crippen LogP contribution in [0.2, 0.25) is 0 Å². The van der Waals surface area contributed by atoms with Crippen molar-refractivity contribution >= 4 is 28.3 Å². The van der Waals surface area contributed by atoms with Gasteiger partial charge in [0, 0.05) is 16.5 Å². The van der Waals surface area contributed by atoms with E-state index in [1.807, 2.05) is 29.6 Å². The van der Waals surface area contributed by atoms with Gasteiger partial charge in [0.05, 0.1) is 17.8 Å². The number of nitrogens with zero attached hydrogens (tertiary/aromatic N) is 1. The molecule has 2 N–H and O–H groups in total. The first-order chi connectivity index (χ1) is 12.2. The topological polar surface area (TPSA) is 88.0 Å². The highest BCUT2D eigenvalue weighted by Gasteiger charge is 2.09. The Bertz CT molecular complexity index is 1100. The zero-order chi connectivity index (χ0) is 17.2. The van der Waals surface area contributed by atoms with Gasteiger partial charge in [-0.2, -0.15) is 0 Å². The second kappa shape index (κ2) is 6.37. The normalized spacial score (nSPS) is 10.9. The molecule has 0 aliphatic rings. The Morgan fingerprint density at radius 2 is 2.04 bits per heavy atom. The Morgan fingerprint density at radius 1 is 1.20 bits per heavy atom. The van der Waals surface area contributed by atoms with Gasteiger partial charge in [0.2, 0.25) is 0 Å². The summed E-state index contributed by atoms with van der Waals surface area (Å²) in [7, 11) is 0. The predicted molar refractivity (Wildman–Crippen MR) is 95.6 cm³/mol. The Hall–Kier alpha value is -3.19. The minimum absolute atomic E-state index is 0.132. The lowest BCUT2D eigenvalue weighted by Gasteiger charge is -2.02. The van der Waals surface area contributed by atoms with Crippen LogP contribution in [0.3, 0.4) is 0 Å². The SMILES string of the molecule is O=C(NCc1nc(-c2ccc3[nH]c(=O)oc3c2)cs1)c1ccccc1. The van der Waals surface area contributed by atoms with Crippen LogP contribution in [-0.4, -0.2) is 15.9 Å². The van der Waals surface area contributed by atoms with Gasteiger partial charge in [0.15, 0.2) is 5.58 Å². The van der Waals surface area contributed by atoms with Gasteiger partial charge in [0.25, 0.3) is 5.91 Å². The summed E-state index contributed by atoms with van der Waals surface area (Å²) in [4.78, 5) is 30.4. The maximum absolute atomic E-state index is 12.1. The van der Waals surface area contributed by atoms with Crippen molar-refractivity contribution in [3.63, 3.8) is 0 Å². The van der Waals surface area contributed by atoms with Crippen LogP contribution in [-0.2, 0) is 6.54 Å². The van der Waals surface area contributed by atoms with E-state index in [9.17, 15) is 9.59 Å². The molecule has 0 bridgehead atoms. The number of carbonyl (C=O) groups excluding carboxylic acids is 1. The number of amides is 1. The zero-order valence-electron chi connectivity index (χ0n) is 13.0. The average molecular weight is 351 g/mol. The van der Waals surface area contributed by atoms with Gasteiger partial charge in [0.1, 0.15) is 5.01 Å². The molecule has 1 amide bonds. The standard InChI is InChI=1S/C18H13N3O3S/c22-17(11-4-2-1-3-5-11)19-9-16-20-14(10-25-16)12-6-7-13-15(8-12)24-18(23)21-13/h1-8,10H,9H2,(H,19,22)(H,21,23). The summed E-state index contributed by atoms with van der Waals surface area (Å²) in [6.45, 7) is 0.361. The number of carbonyl (C=O) groups is 1. The van der Waals surface area contributed by atoms with Gasteiger partial charge in [-0.3, -0.25) is 9.78 Å². The molecule has 0 aliphatic heterocycles. The van der Waals surface area contributed by atoms with E-state index in [-0.39, 0.29) is 5.91 Å². The van der Waals surface area contributed by atoms with Crippen molar-refractivity contribution in [2.45, 2.75) is 6.54 Å². The monoisotopic (exact) mass is 351 g/mol. The third-order valence-electron chi connectivity index (χ3n) is 3.70. The van der Waals surface area contributed by atoms with Crippen molar-refractivity contribution in [3.8, 4) is 11.3 Å². The molecular formula is C18H13N3O3S. The van der Waals surface area contributed by atoms with E-state index in [1.54, 1.807) is 24.3 Å². The number of thiazole rings is 1. The highest BCUT2D eigenvalue weighted by molar-refractivity contribution is 7.09. The number of nitrogens with one attached hydrogen (secondary N) is 2. The highest BCUT2D eigenvalue weighted by atomic mass is 32.1. The van der Waals surface area contributed by atoms with Crippen molar-refractivity contribution < 1.29 is 9.21 Å². The molecule has 0 radical (unpaired) electrons. The molecule has 0 unspecified atom stereocenters. The molecule has 124 valence electrons. The quantitative estimate of drug-likeness (QED) is 0.591. The molecule has 0 aliphatic carbocycles. The Balaban J connectivity index is 1.49. The van der Waals surface area contributed by atoms with Crippen LogP contribution >= 0.6 is 11.3 Å². The molecule has 7 heteroatoms. The van der Waals surface area contributed by atoms with Crippen LogP contribution in [0.25, 0.3) is 22.4 Å². The van der Waals surface area contributed by atoms with E-state index in [2.05, 4.69) is 15.3 Å². The molecule has 4 rings (SSSR count). The number of hydrogen-bond donors (Lipinski definition) is 2. The second-order valence-electron chi connectivity index (χ2n) is 5.40. The first-order valence-electron chi connectivity index (χ1n) is 7.60. The molecule has 0 fully saturated rings. The average Bonchev–Trinajstić information content (AvgIpc) is 3.25. The lowest BCUT2D eigenvalue weighted by atomic mass is 10.1. The number of aromatic nitrogens is 2. The van der Waals surface area contributed by atoms with Gasteiger partial charge < -0.3 is 9.73 Å². The predicted octanol–water partition coefficient (Wildman–Crippen LogP) is 3.17. The summed E-state index contributed by atoms with van der Waals surface area (Å²) >= 11 is 1.47. The summed E-state index contributed by atoms with van der Waals surface area (Å²) in [5, 5.41) is 5.57. The molecule has 2 aromatic carbocycles. The van der Waals surface area contributed by atoms with Crippen LogP contribution < -0.4 is 11.1 Å². The molecule has 0 saturated heterocycles. The highest BCUT2D eigenvalue weighted by Crippen LogP contribution is 2.24. The fraction of sp³-hybridized carbons (Fsp3) is 0.0556. The van der Waals surface area contributed by atoms with Crippen molar-refractivity contribution in [2.75, 3.05) is 0 Å². The lowest BCUT2D eigenvalue weighted by Crippen LogP contribution is -2.22. The number of fused-ring (bicyclic) bond motifs is 1. The maximum Gasteiger partial charge on any atom is 0.417 e. The fourth-order valence-electron chi connectivity index (χ4n) is 2.48. The van der Waals surface area contributed by atoms with E-state index < -0.39 is 5.76 Å². The molecule has 25 heavy (non-hydrogen) atoms. The third-order valence-corrected chi connectivity index (χ3v) is 4.55. The Labute approximate surface area is 146 Å². The van der Waals surface area contributed by atoms with Crippen LogP contribution in [0, 0.1) is 0 Å². The zero-order valence-corrected chi connectivity index (χ0v) is 13.8. The van der Waals surface area contributed by atoms with Crippen molar-refractivity contribution in [2.24, 2.45) is 0 Å². The van der Waals surface area contributed by atoms with E-state index in [0.717, 1.165) is 16.3 Å². The smallest absolute Gasteiger partial charge is 0.408 e. The molecule has 0 atom stereocenters. The van der Waals surface area contributed by atoms with E-state index in [4.69, 9.17) is 4.42 Å². The molecule has 2 aromatic heterocycles. The van der Waals surface area contributed by atoms with Crippen LogP contribution in [0.5, 0.6) is 0 Å². The van der Waals surface area contributed by atoms with Crippen LogP contribution in [0.15, 0.2) is 63.1 Å². The molecule has 0 saturated carbocycles. The van der Waals surface area contributed by atoms with Crippen LogP contribution in [0.1, 0.15) is 15.4 Å². The molecule has 6 nitrogen and oxygen atoms in total. The van der Waals surface area contributed by atoms with Gasteiger partial charge >= 0.3 is 5.76 Å². The lowest BCUT2D eigenvalue weighted by molar-refractivity contribution is 0.0951. The summed E-state index contributed by atoms with van der Waals surface area (Å²) in [6, 6.07) is 14.5. The van der Waals surface area contributed by atoms with Crippen molar-refractivity contribution in [1.82, 2.24) is 15.3 Å². The van der Waals surface area contributed by atoms with Crippen molar-refractivity contribution in [3.05, 3.63) is 75.0 Å². The van der Waals surface area contributed by atoms with E-state index >= 15 is 0 Å². The summed E-state index contributed by atoms with van der Waals surface area (Å²) in [5.74, 6) is -0.609. The third kappa shape index (κ3) is 3.22. The summed E-state index contributed by atoms with van der Waals surface area (Å²) in [6.07, 6.45) is 0. The van der Waals surface area contributed by atoms with Gasteiger partial charge in [-0.25, -0.2) is 9.78 Å². The minimum Gasteiger partial charge on any atom is -0.408 e. The largest absolute Gasteiger partial charge is 0.417 e. The molecular weight excluding hydrogens is 338 g/mol. The first kappa shape index (κ1) is 15.3. The first-order valence-corrected chi connectivity index (χ1v) is 8.48. The Kier molecular flexibility index (Phi) is 3.91. The summed E-state index contributed by atoms with van der Waals surface area (Å²) < 4.78 is 5.07. The second-order valence-corrected chi connectivity index (χ2v) is 6.34. The molecule has 4 aromatic rings. The van der Waals surface area contributed by atoms with Gasteiger partial charge in [-0.15, -0.1) is 11.3 Å².